The van der Waals surface area contributed by atoms with E-state index in [1.807, 2.05) is 37.3 Å². The summed E-state index contributed by atoms with van der Waals surface area (Å²) in [5.41, 5.74) is 3.66. The maximum absolute atomic E-state index is 13.4. The molecular weight excluding hydrogens is 363 g/mol. The molecule has 27 heavy (non-hydrogen) atoms. The molecule has 138 valence electrons. The number of nitrogens with zero attached hydrogens (tertiary/aromatic N) is 1. The van der Waals surface area contributed by atoms with Crippen molar-refractivity contribution in [1.29, 1.82) is 0 Å². The molecule has 1 aromatic heterocycles. The van der Waals surface area contributed by atoms with Gasteiger partial charge in [-0.05, 0) is 42.8 Å². The van der Waals surface area contributed by atoms with Gasteiger partial charge in [-0.15, -0.1) is 0 Å². The van der Waals surface area contributed by atoms with E-state index in [1.165, 1.54) is 24.5 Å². The minimum Gasteiger partial charge on any atom is -0.347 e. The quantitative estimate of drug-likeness (QED) is 0.729. The number of rotatable bonds is 5. The minimum atomic E-state index is -1.35. The van der Waals surface area contributed by atoms with Crippen LogP contribution in [-0.4, -0.2) is 21.4 Å². The summed E-state index contributed by atoms with van der Waals surface area (Å²) in [5, 5.41) is 2.76. The van der Waals surface area contributed by atoms with E-state index < -0.39 is 16.6 Å². The van der Waals surface area contributed by atoms with Gasteiger partial charge in [0.25, 0.3) is 5.91 Å². The predicted molar refractivity (Wildman–Crippen MR) is 104 cm³/mol. The lowest BCUT2D eigenvalue weighted by Crippen LogP contribution is -2.24. The summed E-state index contributed by atoms with van der Waals surface area (Å²) in [6, 6.07) is 17.2. The summed E-state index contributed by atoms with van der Waals surface area (Å²) in [6.45, 7) is 2.14. The van der Waals surface area contributed by atoms with E-state index in [9.17, 15) is 13.4 Å². The third-order valence-corrected chi connectivity index (χ3v) is 5.07. The van der Waals surface area contributed by atoms with Crippen molar-refractivity contribution >= 4 is 16.7 Å². The maximum Gasteiger partial charge on any atom is 0.270 e. The van der Waals surface area contributed by atoms with E-state index >= 15 is 0 Å². The highest BCUT2D eigenvalue weighted by Crippen LogP contribution is 2.19. The van der Waals surface area contributed by atoms with Gasteiger partial charge in [0.05, 0.1) is 16.5 Å². The number of carbonyl (C=O) groups excluding carboxylic acids is 1. The van der Waals surface area contributed by atoms with Gasteiger partial charge in [0.15, 0.2) is 0 Å². The molecule has 0 aliphatic rings. The summed E-state index contributed by atoms with van der Waals surface area (Å²) in [5.74, 6) is -0.801. The first-order chi connectivity index (χ1) is 12.9. The highest BCUT2D eigenvalue weighted by atomic mass is 32.2. The van der Waals surface area contributed by atoms with Gasteiger partial charge in [-0.2, -0.15) is 0 Å². The Labute approximate surface area is 159 Å². The van der Waals surface area contributed by atoms with Gasteiger partial charge in [0.1, 0.15) is 11.5 Å². The zero-order valence-corrected chi connectivity index (χ0v) is 15.8. The molecule has 1 atom stereocenters. The van der Waals surface area contributed by atoms with E-state index in [1.54, 1.807) is 12.1 Å². The van der Waals surface area contributed by atoms with Crippen LogP contribution in [0.15, 0.2) is 65.6 Å². The standard InChI is InChI=1S/C21H19FN2O2S/c1-14-5-3-6-15(11-14)18-7-4-8-19(24-18)21(25)23-13-16-9-10-17(22)12-20(16)27(2)26/h3-12H,13H2,1-2H3,(H,23,25). The van der Waals surface area contributed by atoms with Crippen molar-refractivity contribution in [3.05, 3.63) is 83.3 Å². The van der Waals surface area contributed by atoms with E-state index in [-0.39, 0.29) is 18.1 Å². The number of carbonyl (C=O) groups is 1. The molecule has 1 N–H and O–H groups in total. The lowest BCUT2D eigenvalue weighted by Gasteiger charge is -2.10. The number of pyridine rings is 1. The van der Waals surface area contributed by atoms with Crippen molar-refractivity contribution < 1.29 is 13.4 Å². The first kappa shape index (κ1) is 18.9. The summed E-state index contributed by atoms with van der Waals surface area (Å²) < 4.78 is 25.2. The number of hydrogen-bond acceptors (Lipinski definition) is 3. The fourth-order valence-corrected chi connectivity index (χ4v) is 3.52. The van der Waals surface area contributed by atoms with Gasteiger partial charge >= 0.3 is 0 Å². The van der Waals surface area contributed by atoms with E-state index in [2.05, 4.69) is 10.3 Å². The molecule has 4 nitrogen and oxygen atoms in total. The lowest BCUT2D eigenvalue weighted by molar-refractivity contribution is 0.0945. The van der Waals surface area contributed by atoms with Crippen LogP contribution in [0.3, 0.4) is 0 Å². The molecule has 0 fully saturated rings. The van der Waals surface area contributed by atoms with Crippen LogP contribution in [0, 0.1) is 12.7 Å². The number of benzene rings is 2. The molecule has 1 amide bonds. The lowest BCUT2D eigenvalue weighted by atomic mass is 10.1. The third kappa shape index (κ3) is 4.65. The Balaban J connectivity index is 1.78. The molecule has 0 bridgehead atoms. The number of nitrogens with one attached hydrogen (secondary N) is 1. The summed E-state index contributed by atoms with van der Waals surface area (Å²) >= 11 is 0. The normalized spacial score (nSPS) is 11.8. The number of aromatic nitrogens is 1. The van der Waals surface area contributed by atoms with Gasteiger partial charge in [-0.3, -0.25) is 9.00 Å². The molecule has 0 saturated carbocycles. The second-order valence-corrected chi connectivity index (χ2v) is 7.51. The van der Waals surface area contributed by atoms with Crippen molar-refractivity contribution in [1.82, 2.24) is 10.3 Å². The Bertz CT molecular complexity index is 1020. The van der Waals surface area contributed by atoms with Gasteiger partial charge in [-0.1, -0.05) is 35.9 Å². The number of hydrogen-bond donors (Lipinski definition) is 1. The van der Waals surface area contributed by atoms with Crippen LogP contribution in [0.4, 0.5) is 4.39 Å². The Kier molecular flexibility index (Phi) is 5.76. The van der Waals surface area contributed by atoms with Gasteiger partial charge < -0.3 is 5.32 Å². The molecule has 0 aliphatic carbocycles. The Morgan fingerprint density at radius 2 is 1.89 bits per heavy atom. The summed E-state index contributed by atoms with van der Waals surface area (Å²) in [6.07, 6.45) is 1.48. The SMILES string of the molecule is Cc1cccc(-c2cccc(C(=O)NCc3ccc(F)cc3S(C)=O)n2)c1. The maximum atomic E-state index is 13.4. The first-order valence-corrected chi connectivity index (χ1v) is 9.94. The van der Waals surface area contributed by atoms with Gasteiger partial charge in [0, 0.05) is 23.3 Å². The molecule has 1 unspecified atom stereocenters. The molecule has 6 heteroatoms. The van der Waals surface area contributed by atoms with Crippen LogP contribution in [0.1, 0.15) is 21.6 Å². The monoisotopic (exact) mass is 382 g/mol. The van der Waals surface area contributed by atoms with Crippen molar-refractivity contribution in [3.8, 4) is 11.3 Å². The Hall–Kier alpha value is -2.86. The number of amides is 1. The second-order valence-electron chi connectivity index (χ2n) is 6.17. The number of aryl methyl sites for hydroxylation is 1. The second kappa shape index (κ2) is 8.22. The molecule has 0 spiro atoms. The van der Waals surface area contributed by atoms with Crippen LogP contribution < -0.4 is 5.32 Å². The predicted octanol–water partition coefficient (Wildman–Crippen LogP) is 3.86. The summed E-state index contributed by atoms with van der Waals surface area (Å²) in [4.78, 5) is 17.3. The van der Waals surface area contributed by atoms with E-state index in [4.69, 9.17) is 0 Å². The van der Waals surface area contributed by atoms with Crippen LogP contribution >= 0.6 is 0 Å². The van der Waals surface area contributed by atoms with Crippen molar-refractivity contribution in [3.63, 3.8) is 0 Å². The average Bonchev–Trinajstić information content (AvgIpc) is 2.66. The van der Waals surface area contributed by atoms with Crippen LogP contribution in [0.25, 0.3) is 11.3 Å². The van der Waals surface area contributed by atoms with Crippen LogP contribution in [0.2, 0.25) is 0 Å². The van der Waals surface area contributed by atoms with Crippen LogP contribution in [-0.2, 0) is 17.3 Å². The Morgan fingerprint density at radius 1 is 1.11 bits per heavy atom. The fraction of sp³-hybridized carbons (Fsp3) is 0.143. The zero-order chi connectivity index (χ0) is 19.4. The smallest absolute Gasteiger partial charge is 0.270 e. The van der Waals surface area contributed by atoms with Crippen molar-refractivity contribution in [2.24, 2.45) is 0 Å². The van der Waals surface area contributed by atoms with E-state index in [0.29, 0.717) is 16.2 Å². The molecular formula is C21H19FN2O2S. The van der Waals surface area contributed by atoms with Crippen molar-refractivity contribution in [2.45, 2.75) is 18.4 Å². The molecule has 2 aromatic carbocycles. The van der Waals surface area contributed by atoms with Crippen LogP contribution in [0.5, 0.6) is 0 Å². The molecule has 0 aliphatic heterocycles. The third-order valence-electron chi connectivity index (χ3n) is 4.07. The molecule has 3 rings (SSSR count). The Morgan fingerprint density at radius 3 is 2.63 bits per heavy atom. The van der Waals surface area contributed by atoms with Gasteiger partial charge in [-0.25, -0.2) is 9.37 Å². The van der Waals surface area contributed by atoms with Crippen molar-refractivity contribution in [2.75, 3.05) is 6.26 Å². The fourth-order valence-electron chi connectivity index (χ4n) is 2.73. The van der Waals surface area contributed by atoms with Gasteiger partial charge in [0.2, 0.25) is 0 Å². The van der Waals surface area contributed by atoms with E-state index in [0.717, 1.165) is 11.1 Å². The molecule has 3 aromatic rings. The number of halogens is 1. The summed E-state index contributed by atoms with van der Waals surface area (Å²) in [7, 11) is -1.35. The topological polar surface area (TPSA) is 59.1 Å². The first-order valence-electron chi connectivity index (χ1n) is 8.38. The highest BCUT2D eigenvalue weighted by molar-refractivity contribution is 7.84. The molecule has 1 heterocycles. The zero-order valence-electron chi connectivity index (χ0n) is 15.0. The minimum absolute atomic E-state index is 0.143. The average molecular weight is 382 g/mol. The largest absolute Gasteiger partial charge is 0.347 e. The molecule has 0 radical (unpaired) electrons. The molecule has 0 saturated heterocycles. The highest BCUT2D eigenvalue weighted by Gasteiger charge is 2.12.